The zero-order valence-electron chi connectivity index (χ0n) is 10.7. The third kappa shape index (κ3) is 5.01. The fraction of sp³-hybridized carbons (Fsp3) is 0.417. The summed E-state index contributed by atoms with van der Waals surface area (Å²) in [4.78, 5) is 1.47. The van der Waals surface area contributed by atoms with Gasteiger partial charge >= 0.3 is 6.18 Å². The molecule has 1 unspecified atom stereocenters. The average Bonchev–Trinajstić information content (AvgIpc) is 2.33. The molecule has 0 heterocycles. The van der Waals surface area contributed by atoms with E-state index in [1.165, 1.54) is 4.90 Å². The molecule has 0 aliphatic heterocycles. The highest BCUT2D eigenvalue weighted by molar-refractivity contribution is 9.10. The molecule has 8 heteroatoms. The van der Waals surface area contributed by atoms with Crippen molar-refractivity contribution >= 4 is 21.8 Å². The second-order valence-corrected chi connectivity index (χ2v) is 5.36. The van der Waals surface area contributed by atoms with Gasteiger partial charge < -0.3 is 15.8 Å². The topological polar surface area (TPSA) is 61.8 Å². The predicted molar refractivity (Wildman–Crippen MR) is 73.4 cm³/mol. The first-order valence-corrected chi connectivity index (χ1v) is 6.50. The molecule has 0 fully saturated rings. The zero-order chi connectivity index (χ0) is 15.3. The Hall–Kier alpha value is -1.28. The second-order valence-electron chi connectivity index (χ2n) is 4.45. The highest BCUT2D eigenvalue weighted by Crippen LogP contribution is 2.27. The summed E-state index contributed by atoms with van der Waals surface area (Å²) in [5.74, 6) is -2.83. The van der Waals surface area contributed by atoms with Crippen LogP contribution in [0.4, 0.5) is 13.2 Å². The van der Waals surface area contributed by atoms with Crippen LogP contribution in [-0.4, -0.2) is 35.7 Å². The van der Waals surface area contributed by atoms with Gasteiger partial charge in [-0.05, 0) is 24.7 Å². The monoisotopic (exact) mass is 353 g/mol. The number of benzene rings is 1. The summed E-state index contributed by atoms with van der Waals surface area (Å²) >= 11 is 3.30. The van der Waals surface area contributed by atoms with Crippen molar-refractivity contribution in [2.24, 2.45) is 16.8 Å². The first kappa shape index (κ1) is 16.8. The summed E-state index contributed by atoms with van der Waals surface area (Å²) in [7, 11) is 1.55. The molecule has 0 aliphatic rings. The number of rotatable bonds is 5. The smallest absolute Gasteiger partial charge is 0.400 e. The van der Waals surface area contributed by atoms with Crippen molar-refractivity contribution in [3.05, 3.63) is 34.3 Å². The number of nitrogens with two attached hydrogens (primary N) is 1. The Balaban J connectivity index is 2.74. The van der Waals surface area contributed by atoms with E-state index < -0.39 is 17.9 Å². The van der Waals surface area contributed by atoms with Crippen molar-refractivity contribution in [3.8, 4) is 0 Å². The quantitative estimate of drug-likeness (QED) is 0.370. The van der Waals surface area contributed by atoms with Gasteiger partial charge in [-0.25, -0.2) is 0 Å². The summed E-state index contributed by atoms with van der Waals surface area (Å²) in [5, 5.41) is 10.9. The number of hydrogen-bond donors (Lipinski definition) is 2. The van der Waals surface area contributed by atoms with E-state index in [1.54, 1.807) is 13.1 Å². The minimum atomic E-state index is -4.55. The highest BCUT2D eigenvalue weighted by Gasteiger charge is 2.43. The summed E-state index contributed by atoms with van der Waals surface area (Å²) in [6.07, 6.45) is -4.55. The highest BCUT2D eigenvalue weighted by atomic mass is 79.9. The minimum absolute atomic E-state index is 0.324. The summed E-state index contributed by atoms with van der Waals surface area (Å²) in [6, 6.07) is 7.27. The average molecular weight is 354 g/mol. The van der Waals surface area contributed by atoms with E-state index in [0.29, 0.717) is 6.54 Å². The van der Waals surface area contributed by atoms with E-state index >= 15 is 0 Å². The normalized spacial score (nSPS) is 14.6. The van der Waals surface area contributed by atoms with E-state index in [9.17, 15) is 13.2 Å². The molecule has 112 valence electrons. The standard InChI is InChI=1S/C12H15BrF3N3O/c1-19(6-8-3-2-4-9(13)5-8)7-10(11(17)18-20)12(14,15)16/h2-5,10,20H,6-7H2,1H3,(H2,17,18). The fourth-order valence-corrected chi connectivity index (χ4v) is 2.20. The maximum atomic E-state index is 12.8. The lowest BCUT2D eigenvalue weighted by Crippen LogP contribution is -2.43. The lowest BCUT2D eigenvalue weighted by atomic mass is 10.1. The molecule has 4 nitrogen and oxygen atoms in total. The van der Waals surface area contributed by atoms with Gasteiger partial charge in [-0.1, -0.05) is 33.2 Å². The molecular formula is C12H15BrF3N3O. The number of halogens is 4. The zero-order valence-corrected chi connectivity index (χ0v) is 12.3. The van der Waals surface area contributed by atoms with Crippen LogP contribution in [-0.2, 0) is 6.54 Å². The number of nitrogens with zero attached hydrogens (tertiary/aromatic N) is 2. The maximum absolute atomic E-state index is 12.8. The summed E-state index contributed by atoms with van der Waals surface area (Å²) in [5.41, 5.74) is 5.98. The van der Waals surface area contributed by atoms with Crippen molar-refractivity contribution in [3.63, 3.8) is 0 Å². The van der Waals surface area contributed by atoms with E-state index in [4.69, 9.17) is 10.9 Å². The van der Waals surface area contributed by atoms with Gasteiger partial charge in [0.05, 0.1) is 0 Å². The Morgan fingerprint density at radius 1 is 1.50 bits per heavy atom. The Morgan fingerprint density at radius 3 is 2.65 bits per heavy atom. The van der Waals surface area contributed by atoms with Crippen LogP contribution in [0.15, 0.2) is 33.9 Å². The van der Waals surface area contributed by atoms with Gasteiger partial charge in [-0.3, -0.25) is 0 Å². The van der Waals surface area contributed by atoms with Crippen LogP contribution in [0, 0.1) is 5.92 Å². The van der Waals surface area contributed by atoms with Crippen LogP contribution in [0.3, 0.4) is 0 Å². The van der Waals surface area contributed by atoms with Crippen LogP contribution in [0.25, 0.3) is 0 Å². The predicted octanol–water partition coefficient (Wildman–Crippen LogP) is 2.81. The molecule has 1 rings (SSSR count). The molecular weight excluding hydrogens is 339 g/mol. The van der Waals surface area contributed by atoms with Crippen molar-refractivity contribution in [1.82, 2.24) is 4.90 Å². The third-order valence-electron chi connectivity index (χ3n) is 2.70. The van der Waals surface area contributed by atoms with Gasteiger partial charge in [0.25, 0.3) is 0 Å². The molecule has 0 spiro atoms. The van der Waals surface area contributed by atoms with Crippen LogP contribution in [0.1, 0.15) is 5.56 Å². The van der Waals surface area contributed by atoms with Crippen LogP contribution < -0.4 is 5.73 Å². The molecule has 0 aromatic heterocycles. The summed E-state index contributed by atoms with van der Waals surface area (Å²) in [6.45, 7) is -0.0589. The van der Waals surface area contributed by atoms with E-state index in [2.05, 4.69) is 21.1 Å². The Morgan fingerprint density at radius 2 is 2.15 bits per heavy atom. The molecule has 0 radical (unpaired) electrons. The van der Waals surface area contributed by atoms with Gasteiger partial charge in [-0.15, -0.1) is 0 Å². The molecule has 0 amide bonds. The van der Waals surface area contributed by atoms with Gasteiger partial charge in [0.2, 0.25) is 0 Å². The molecule has 20 heavy (non-hydrogen) atoms. The molecule has 0 bridgehead atoms. The van der Waals surface area contributed by atoms with Crippen molar-refractivity contribution in [2.45, 2.75) is 12.7 Å². The Kier molecular flexibility index (Phi) is 5.82. The molecule has 3 N–H and O–H groups in total. The number of oxime groups is 1. The second kappa shape index (κ2) is 6.94. The molecule has 1 atom stereocenters. The van der Waals surface area contributed by atoms with E-state index in [-0.39, 0.29) is 6.54 Å². The number of alkyl halides is 3. The number of hydrogen-bond acceptors (Lipinski definition) is 3. The number of amidine groups is 1. The Bertz CT molecular complexity index is 479. The van der Waals surface area contributed by atoms with Crippen LogP contribution in [0.2, 0.25) is 0 Å². The SMILES string of the molecule is CN(Cc1cccc(Br)c1)CC(/C(N)=N/O)C(F)(F)F. The molecule has 1 aromatic rings. The largest absolute Gasteiger partial charge is 0.409 e. The minimum Gasteiger partial charge on any atom is -0.409 e. The maximum Gasteiger partial charge on any atom is 0.400 e. The molecule has 0 saturated carbocycles. The van der Waals surface area contributed by atoms with Crippen LogP contribution in [0.5, 0.6) is 0 Å². The van der Waals surface area contributed by atoms with Gasteiger partial charge in [0.15, 0.2) is 5.84 Å². The fourth-order valence-electron chi connectivity index (χ4n) is 1.76. The van der Waals surface area contributed by atoms with Crippen molar-refractivity contribution < 1.29 is 18.4 Å². The van der Waals surface area contributed by atoms with Crippen LogP contribution >= 0.6 is 15.9 Å². The summed E-state index contributed by atoms with van der Waals surface area (Å²) < 4.78 is 39.3. The molecule has 0 saturated heterocycles. The van der Waals surface area contributed by atoms with Gasteiger partial charge in [0, 0.05) is 17.6 Å². The molecule has 0 aliphatic carbocycles. The van der Waals surface area contributed by atoms with E-state index in [1.807, 2.05) is 18.2 Å². The lowest BCUT2D eigenvalue weighted by molar-refractivity contribution is -0.159. The van der Waals surface area contributed by atoms with E-state index in [0.717, 1.165) is 10.0 Å². The van der Waals surface area contributed by atoms with Gasteiger partial charge in [-0.2, -0.15) is 13.2 Å². The first-order valence-electron chi connectivity index (χ1n) is 5.71. The van der Waals surface area contributed by atoms with Crippen molar-refractivity contribution in [2.75, 3.05) is 13.6 Å². The first-order chi connectivity index (χ1) is 9.24. The Labute approximate surface area is 123 Å². The molecule has 1 aromatic carbocycles. The third-order valence-corrected chi connectivity index (χ3v) is 3.20. The van der Waals surface area contributed by atoms with Crippen molar-refractivity contribution in [1.29, 1.82) is 0 Å². The lowest BCUT2D eigenvalue weighted by Gasteiger charge is -2.25. The van der Waals surface area contributed by atoms with Gasteiger partial charge in [0.1, 0.15) is 5.92 Å².